The number of amides is 1. The van der Waals surface area contributed by atoms with Crippen molar-refractivity contribution < 1.29 is 19.0 Å². The van der Waals surface area contributed by atoms with Crippen LogP contribution >= 0.6 is 11.6 Å². The molecular formula is C15H22ClNO4. The van der Waals surface area contributed by atoms with Crippen LogP contribution in [0.15, 0.2) is 12.1 Å². The number of alkyl halides is 1. The summed E-state index contributed by atoms with van der Waals surface area (Å²) in [5.41, 5.74) is 0.474. The zero-order valence-electron chi connectivity index (χ0n) is 12.7. The van der Waals surface area contributed by atoms with Crippen LogP contribution in [-0.4, -0.2) is 39.7 Å². The fourth-order valence-corrected chi connectivity index (χ4v) is 2.10. The molecular weight excluding hydrogens is 294 g/mol. The van der Waals surface area contributed by atoms with Crippen molar-refractivity contribution in [2.75, 3.05) is 33.8 Å². The summed E-state index contributed by atoms with van der Waals surface area (Å²) in [6.45, 7) is 0.617. The summed E-state index contributed by atoms with van der Waals surface area (Å²) in [5.74, 6) is 1.88. The molecule has 0 aliphatic carbocycles. The van der Waals surface area contributed by atoms with E-state index in [2.05, 4.69) is 5.32 Å². The van der Waals surface area contributed by atoms with Gasteiger partial charge >= 0.3 is 0 Å². The van der Waals surface area contributed by atoms with Gasteiger partial charge in [-0.2, -0.15) is 0 Å². The molecule has 21 heavy (non-hydrogen) atoms. The van der Waals surface area contributed by atoms with Gasteiger partial charge in [0, 0.05) is 18.0 Å². The number of unbranched alkanes of at least 4 members (excludes halogenated alkanes) is 2. The summed E-state index contributed by atoms with van der Waals surface area (Å²) in [4.78, 5) is 12.1. The quantitative estimate of drug-likeness (QED) is 0.562. The molecule has 0 spiro atoms. The molecule has 0 atom stereocenters. The van der Waals surface area contributed by atoms with Gasteiger partial charge in [-0.25, -0.2) is 0 Å². The van der Waals surface area contributed by atoms with Gasteiger partial charge in [-0.05, 0) is 25.0 Å². The summed E-state index contributed by atoms with van der Waals surface area (Å²) < 4.78 is 15.7. The molecule has 6 heteroatoms. The van der Waals surface area contributed by atoms with E-state index in [1.54, 1.807) is 12.1 Å². The maximum absolute atomic E-state index is 12.1. The number of carbonyl (C=O) groups is 1. The lowest BCUT2D eigenvalue weighted by molar-refractivity contribution is 0.0952. The van der Waals surface area contributed by atoms with E-state index in [0.717, 1.165) is 19.3 Å². The van der Waals surface area contributed by atoms with Crippen LogP contribution in [-0.2, 0) is 0 Å². The van der Waals surface area contributed by atoms with Crippen molar-refractivity contribution in [2.45, 2.75) is 19.3 Å². The van der Waals surface area contributed by atoms with Gasteiger partial charge in [0.15, 0.2) is 11.5 Å². The zero-order valence-corrected chi connectivity index (χ0v) is 13.5. The van der Waals surface area contributed by atoms with Crippen LogP contribution in [0.2, 0.25) is 0 Å². The van der Waals surface area contributed by atoms with Gasteiger partial charge in [0.05, 0.1) is 21.3 Å². The molecule has 0 saturated carbocycles. The van der Waals surface area contributed by atoms with Gasteiger partial charge in [-0.15, -0.1) is 11.6 Å². The fourth-order valence-electron chi connectivity index (χ4n) is 1.91. The van der Waals surface area contributed by atoms with Crippen molar-refractivity contribution in [3.63, 3.8) is 0 Å². The smallest absolute Gasteiger partial charge is 0.251 e. The van der Waals surface area contributed by atoms with Gasteiger partial charge < -0.3 is 19.5 Å². The van der Waals surface area contributed by atoms with Crippen LogP contribution in [0.4, 0.5) is 0 Å². The molecule has 0 aliphatic heterocycles. The Morgan fingerprint density at radius 1 is 1.05 bits per heavy atom. The molecule has 0 unspecified atom stereocenters. The number of ether oxygens (including phenoxy) is 3. The largest absolute Gasteiger partial charge is 0.493 e. The SMILES string of the molecule is COc1cc(C(=O)NCCCCCCl)cc(OC)c1OC. The summed E-state index contributed by atoms with van der Waals surface area (Å²) >= 11 is 5.61. The Morgan fingerprint density at radius 2 is 1.67 bits per heavy atom. The molecule has 1 N–H and O–H groups in total. The predicted octanol–water partition coefficient (Wildman–Crippen LogP) is 2.85. The van der Waals surface area contributed by atoms with E-state index in [0.29, 0.717) is 35.2 Å². The highest BCUT2D eigenvalue weighted by atomic mass is 35.5. The van der Waals surface area contributed by atoms with E-state index in [1.165, 1.54) is 21.3 Å². The normalized spacial score (nSPS) is 10.1. The molecule has 1 rings (SSSR count). The van der Waals surface area contributed by atoms with E-state index >= 15 is 0 Å². The average molecular weight is 316 g/mol. The number of benzene rings is 1. The second-order valence-corrected chi connectivity index (χ2v) is 4.80. The Bertz CT molecular complexity index is 440. The zero-order chi connectivity index (χ0) is 15.7. The Kier molecular flexibility index (Phi) is 7.75. The number of rotatable bonds is 9. The Balaban J connectivity index is 2.75. The van der Waals surface area contributed by atoms with E-state index in [-0.39, 0.29) is 5.91 Å². The lowest BCUT2D eigenvalue weighted by Crippen LogP contribution is -2.24. The van der Waals surface area contributed by atoms with Crippen molar-refractivity contribution in [3.8, 4) is 17.2 Å². The Morgan fingerprint density at radius 3 is 2.14 bits per heavy atom. The van der Waals surface area contributed by atoms with Gasteiger partial charge in [0.1, 0.15) is 0 Å². The van der Waals surface area contributed by atoms with Crippen molar-refractivity contribution >= 4 is 17.5 Å². The Hall–Kier alpha value is -1.62. The van der Waals surface area contributed by atoms with E-state index in [4.69, 9.17) is 25.8 Å². The monoisotopic (exact) mass is 315 g/mol. The van der Waals surface area contributed by atoms with Crippen LogP contribution in [0.1, 0.15) is 29.6 Å². The number of methoxy groups -OCH3 is 3. The molecule has 0 saturated heterocycles. The van der Waals surface area contributed by atoms with Gasteiger partial charge in [0.25, 0.3) is 5.91 Å². The average Bonchev–Trinajstić information content (AvgIpc) is 2.52. The first-order chi connectivity index (χ1) is 10.2. The van der Waals surface area contributed by atoms with Crippen molar-refractivity contribution in [1.29, 1.82) is 0 Å². The Labute approximate surface area is 130 Å². The van der Waals surface area contributed by atoms with Crippen LogP contribution in [0.5, 0.6) is 17.2 Å². The molecule has 0 aliphatic rings. The van der Waals surface area contributed by atoms with Crippen molar-refractivity contribution in [1.82, 2.24) is 5.32 Å². The first kappa shape index (κ1) is 17.4. The van der Waals surface area contributed by atoms with Gasteiger partial charge in [0.2, 0.25) is 5.75 Å². The number of halogens is 1. The third-order valence-corrected chi connectivity index (χ3v) is 3.29. The van der Waals surface area contributed by atoms with Gasteiger partial charge in [-0.1, -0.05) is 6.42 Å². The molecule has 0 heterocycles. The van der Waals surface area contributed by atoms with E-state index in [1.807, 2.05) is 0 Å². The van der Waals surface area contributed by atoms with E-state index in [9.17, 15) is 4.79 Å². The van der Waals surface area contributed by atoms with Crippen LogP contribution in [0.25, 0.3) is 0 Å². The van der Waals surface area contributed by atoms with Crippen molar-refractivity contribution in [3.05, 3.63) is 17.7 Å². The van der Waals surface area contributed by atoms with Crippen LogP contribution < -0.4 is 19.5 Å². The second kappa shape index (κ2) is 9.34. The lowest BCUT2D eigenvalue weighted by atomic mass is 10.1. The predicted molar refractivity (Wildman–Crippen MR) is 83.0 cm³/mol. The molecule has 1 aromatic carbocycles. The number of carbonyl (C=O) groups excluding carboxylic acids is 1. The number of nitrogens with one attached hydrogen (secondary N) is 1. The highest BCUT2D eigenvalue weighted by molar-refractivity contribution is 6.17. The molecule has 5 nitrogen and oxygen atoms in total. The lowest BCUT2D eigenvalue weighted by Gasteiger charge is -2.14. The minimum absolute atomic E-state index is 0.167. The molecule has 0 radical (unpaired) electrons. The third-order valence-electron chi connectivity index (χ3n) is 3.02. The molecule has 0 aromatic heterocycles. The molecule has 1 amide bonds. The first-order valence-corrected chi connectivity index (χ1v) is 7.35. The van der Waals surface area contributed by atoms with E-state index < -0.39 is 0 Å². The van der Waals surface area contributed by atoms with Crippen LogP contribution in [0, 0.1) is 0 Å². The second-order valence-electron chi connectivity index (χ2n) is 4.42. The molecule has 0 fully saturated rings. The first-order valence-electron chi connectivity index (χ1n) is 6.82. The summed E-state index contributed by atoms with van der Waals surface area (Å²) in [6.07, 6.45) is 2.86. The molecule has 118 valence electrons. The topological polar surface area (TPSA) is 56.8 Å². The number of hydrogen-bond acceptors (Lipinski definition) is 4. The summed E-state index contributed by atoms with van der Waals surface area (Å²) in [5, 5.41) is 2.86. The highest BCUT2D eigenvalue weighted by Crippen LogP contribution is 2.38. The van der Waals surface area contributed by atoms with Crippen molar-refractivity contribution in [2.24, 2.45) is 0 Å². The number of hydrogen-bond donors (Lipinski definition) is 1. The standard InChI is InChI=1S/C15H22ClNO4/c1-19-12-9-11(10-13(20-2)14(12)21-3)15(18)17-8-6-4-5-7-16/h9-10H,4-8H2,1-3H3,(H,17,18). The minimum atomic E-state index is -0.167. The van der Waals surface area contributed by atoms with Gasteiger partial charge in [-0.3, -0.25) is 4.79 Å². The fraction of sp³-hybridized carbons (Fsp3) is 0.533. The third kappa shape index (κ3) is 5.01. The maximum atomic E-state index is 12.1. The molecule has 1 aromatic rings. The summed E-state index contributed by atoms with van der Waals surface area (Å²) in [6, 6.07) is 3.27. The molecule has 0 bridgehead atoms. The maximum Gasteiger partial charge on any atom is 0.251 e. The van der Waals surface area contributed by atoms with Crippen LogP contribution in [0.3, 0.4) is 0 Å². The minimum Gasteiger partial charge on any atom is -0.493 e. The summed E-state index contributed by atoms with van der Waals surface area (Å²) in [7, 11) is 4.56. The highest BCUT2D eigenvalue weighted by Gasteiger charge is 2.16.